The highest BCUT2D eigenvalue weighted by Gasteiger charge is 2.09. The molecule has 21 heavy (non-hydrogen) atoms. The normalized spacial score (nSPS) is 10.8. The number of nitrogens with one attached hydrogen (secondary N) is 2. The summed E-state index contributed by atoms with van der Waals surface area (Å²) in [5.41, 5.74) is 4.82. The van der Waals surface area contributed by atoms with Gasteiger partial charge in [0.05, 0.1) is 17.8 Å². The highest BCUT2D eigenvalue weighted by atomic mass is 16.1. The van der Waals surface area contributed by atoms with Gasteiger partial charge in [-0.1, -0.05) is 24.3 Å². The third kappa shape index (κ3) is 2.65. The molecule has 0 radical (unpaired) electrons. The summed E-state index contributed by atoms with van der Waals surface area (Å²) < 4.78 is 0. The number of para-hydroxylation sites is 1. The van der Waals surface area contributed by atoms with E-state index in [1.165, 1.54) is 5.56 Å². The maximum Gasteiger partial charge on any atom is 0.251 e. The van der Waals surface area contributed by atoms with Crippen LogP contribution in [0.25, 0.3) is 10.9 Å². The summed E-state index contributed by atoms with van der Waals surface area (Å²) >= 11 is 0. The van der Waals surface area contributed by atoms with Crippen molar-refractivity contribution in [1.82, 2.24) is 15.5 Å². The van der Waals surface area contributed by atoms with Crippen LogP contribution < -0.4 is 5.32 Å². The predicted molar refractivity (Wildman–Crippen MR) is 83.2 cm³/mol. The van der Waals surface area contributed by atoms with Gasteiger partial charge in [-0.15, -0.1) is 0 Å². The van der Waals surface area contributed by atoms with Crippen LogP contribution in [0, 0.1) is 13.8 Å². The van der Waals surface area contributed by atoms with Gasteiger partial charge in [-0.05, 0) is 43.2 Å². The lowest BCUT2D eigenvalue weighted by molar-refractivity contribution is 0.0950. The molecule has 4 heteroatoms. The number of hydrogen-bond donors (Lipinski definition) is 2. The van der Waals surface area contributed by atoms with E-state index in [-0.39, 0.29) is 5.91 Å². The molecule has 0 saturated heterocycles. The van der Waals surface area contributed by atoms with Crippen molar-refractivity contribution in [2.24, 2.45) is 0 Å². The molecule has 3 aromatic rings. The van der Waals surface area contributed by atoms with Crippen molar-refractivity contribution in [1.29, 1.82) is 0 Å². The average molecular weight is 279 g/mol. The van der Waals surface area contributed by atoms with Crippen LogP contribution in [0.15, 0.2) is 42.5 Å². The summed E-state index contributed by atoms with van der Waals surface area (Å²) in [5, 5.41) is 11.2. The molecule has 0 aliphatic heterocycles. The maximum atomic E-state index is 12.2. The summed E-state index contributed by atoms with van der Waals surface area (Å²) in [4.78, 5) is 12.2. The van der Waals surface area contributed by atoms with Crippen molar-refractivity contribution in [2.45, 2.75) is 20.4 Å². The zero-order valence-corrected chi connectivity index (χ0v) is 12.1. The minimum absolute atomic E-state index is 0.0724. The summed E-state index contributed by atoms with van der Waals surface area (Å²) in [6.07, 6.45) is 0. The molecule has 0 bridgehead atoms. The van der Waals surface area contributed by atoms with E-state index in [0.29, 0.717) is 12.1 Å². The molecule has 0 aliphatic rings. The third-order valence-electron chi connectivity index (χ3n) is 3.74. The number of carbonyl (C=O) groups excluding carboxylic acids is 1. The molecule has 0 aliphatic carbocycles. The van der Waals surface area contributed by atoms with Gasteiger partial charge in [-0.3, -0.25) is 9.89 Å². The molecule has 1 aromatic heterocycles. The van der Waals surface area contributed by atoms with Gasteiger partial charge >= 0.3 is 0 Å². The Morgan fingerprint density at radius 3 is 2.76 bits per heavy atom. The van der Waals surface area contributed by atoms with Crippen molar-refractivity contribution >= 4 is 16.8 Å². The number of fused-ring (bicyclic) bond motifs is 1. The van der Waals surface area contributed by atoms with E-state index >= 15 is 0 Å². The second-order valence-electron chi connectivity index (χ2n) is 5.20. The van der Waals surface area contributed by atoms with Gasteiger partial charge < -0.3 is 5.32 Å². The van der Waals surface area contributed by atoms with Crippen LogP contribution in [0.5, 0.6) is 0 Å². The number of carbonyl (C=O) groups is 1. The SMILES string of the molecule is Cc1ccc(C(=O)NCc2[nH]nc3ccccc23)cc1C. The largest absolute Gasteiger partial charge is 0.346 e. The Morgan fingerprint density at radius 1 is 1.14 bits per heavy atom. The van der Waals surface area contributed by atoms with Gasteiger partial charge in [-0.25, -0.2) is 0 Å². The Labute approximate surface area is 123 Å². The monoisotopic (exact) mass is 279 g/mol. The summed E-state index contributed by atoms with van der Waals surface area (Å²) in [7, 11) is 0. The van der Waals surface area contributed by atoms with Crippen molar-refractivity contribution < 1.29 is 4.79 Å². The molecule has 4 nitrogen and oxygen atoms in total. The van der Waals surface area contributed by atoms with Gasteiger partial charge in [-0.2, -0.15) is 5.10 Å². The lowest BCUT2D eigenvalue weighted by atomic mass is 10.1. The molecule has 0 saturated carbocycles. The van der Waals surface area contributed by atoms with Crippen LogP contribution >= 0.6 is 0 Å². The number of amides is 1. The first-order chi connectivity index (χ1) is 10.1. The quantitative estimate of drug-likeness (QED) is 0.774. The molecule has 0 unspecified atom stereocenters. The maximum absolute atomic E-state index is 12.2. The zero-order chi connectivity index (χ0) is 14.8. The minimum Gasteiger partial charge on any atom is -0.346 e. The summed E-state index contributed by atoms with van der Waals surface area (Å²) in [6, 6.07) is 13.6. The average Bonchev–Trinajstić information content (AvgIpc) is 2.91. The summed E-state index contributed by atoms with van der Waals surface area (Å²) in [5.74, 6) is -0.0724. The van der Waals surface area contributed by atoms with Crippen LogP contribution in [0.2, 0.25) is 0 Å². The fourth-order valence-corrected chi connectivity index (χ4v) is 2.30. The van der Waals surface area contributed by atoms with E-state index in [4.69, 9.17) is 0 Å². The molecule has 1 amide bonds. The van der Waals surface area contributed by atoms with Crippen molar-refractivity contribution in [3.8, 4) is 0 Å². The lowest BCUT2D eigenvalue weighted by Crippen LogP contribution is -2.23. The summed E-state index contributed by atoms with van der Waals surface area (Å²) in [6.45, 7) is 4.48. The van der Waals surface area contributed by atoms with Crippen LogP contribution in [-0.4, -0.2) is 16.1 Å². The van der Waals surface area contributed by atoms with E-state index < -0.39 is 0 Å². The first-order valence-electron chi connectivity index (χ1n) is 6.92. The smallest absolute Gasteiger partial charge is 0.251 e. The predicted octanol–water partition coefficient (Wildman–Crippen LogP) is 3.11. The van der Waals surface area contributed by atoms with Gasteiger partial charge in [0.15, 0.2) is 0 Å². The first kappa shape index (κ1) is 13.4. The molecule has 2 aromatic carbocycles. The van der Waals surface area contributed by atoms with Crippen LogP contribution in [0.3, 0.4) is 0 Å². The molecular weight excluding hydrogens is 262 g/mol. The zero-order valence-electron chi connectivity index (χ0n) is 12.1. The molecule has 0 atom stereocenters. The van der Waals surface area contributed by atoms with Crippen LogP contribution in [0.4, 0.5) is 0 Å². The van der Waals surface area contributed by atoms with Crippen molar-refractivity contribution in [3.05, 3.63) is 64.8 Å². The number of aromatic nitrogens is 2. The Balaban J connectivity index is 1.75. The van der Waals surface area contributed by atoms with Gasteiger partial charge in [0.2, 0.25) is 0 Å². The first-order valence-corrected chi connectivity index (χ1v) is 6.92. The van der Waals surface area contributed by atoms with E-state index in [1.54, 1.807) is 0 Å². The molecule has 0 spiro atoms. The minimum atomic E-state index is -0.0724. The molecular formula is C17H17N3O. The lowest BCUT2D eigenvalue weighted by Gasteiger charge is -2.06. The Hall–Kier alpha value is -2.62. The number of rotatable bonds is 3. The second kappa shape index (κ2) is 5.40. The van der Waals surface area contributed by atoms with Crippen LogP contribution in [0.1, 0.15) is 27.2 Å². The van der Waals surface area contributed by atoms with Crippen molar-refractivity contribution in [3.63, 3.8) is 0 Å². The highest BCUT2D eigenvalue weighted by molar-refractivity contribution is 5.94. The fraction of sp³-hybridized carbons (Fsp3) is 0.176. The van der Waals surface area contributed by atoms with Crippen LogP contribution in [-0.2, 0) is 6.54 Å². The standard InChI is InChI=1S/C17H17N3O/c1-11-7-8-13(9-12(11)2)17(21)18-10-16-14-5-3-4-6-15(14)19-20-16/h3-9H,10H2,1-2H3,(H,18,21)(H,19,20). The number of benzene rings is 2. The Bertz CT molecular complexity index is 805. The number of aromatic amines is 1. The number of nitrogens with zero attached hydrogens (tertiary/aromatic N) is 1. The van der Waals surface area contributed by atoms with Crippen molar-refractivity contribution in [2.75, 3.05) is 0 Å². The number of H-pyrrole nitrogens is 1. The Morgan fingerprint density at radius 2 is 1.95 bits per heavy atom. The third-order valence-corrected chi connectivity index (χ3v) is 3.74. The van der Waals surface area contributed by atoms with E-state index in [0.717, 1.165) is 22.2 Å². The highest BCUT2D eigenvalue weighted by Crippen LogP contribution is 2.15. The number of hydrogen-bond acceptors (Lipinski definition) is 2. The van der Waals surface area contributed by atoms with E-state index in [1.807, 2.05) is 56.3 Å². The number of aryl methyl sites for hydroxylation is 2. The van der Waals surface area contributed by atoms with E-state index in [9.17, 15) is 4.79 Å². The van der Waals surface area contributed by atoms with Gasteiger partial charge in [0.1, 0.15) is 0 Å². The van der Waals surface area contributed by atoms with Gasteiger partial charge in [0.25, 0.3) is 5.91 Å². The molecule has 0 fully saturated rings. The Kier molecular flexibility index (Phi) is 3.44. The molecule has 2 N–H and O–H groups in total. The molecule has 1 heterocycles. The molecule has 106 valence electrons. The second-order valence-corrected chi connectivity index (χ2v) is 5.20. The fourth-order valence-electron chi connectivity index (χ4n) is 2.30. The topological polar surface area (TPSA) is 57.8 Å². The molecule has 3 rings (SSSR count). The van der Waals surface area contributed by atoms with Gasteiger partial charge in [0, 0.05) is 10.9 Å². The van der Waals surface area contributed by atoms with E-state index in [2.05, 4.69) is 15.5 Å².